The van der Waals surface area contributed by atoms with E-state index >= 15 is 0 Å². The van der Waals surface area contributed by atoms with Crippen molar-refractivity contribution in [2.45, 2.75) is 57.9 Å². The minimum atomic E-state index is -4.54. The number of aryl methyl sites for hydroxylation is 1. The summed E-state index contributed by atoms with van der Waals surface area (Å²) in [5.41, 5.74) is 0.0416. The molecule has 0 radical (unpaired) electrons. The molecular weight excluding hydrogens is 407 g/mol. The maximum Gasteiger partial charge on any atom is 0.416 e. The summed E-state index contributed by atoms with van der Waals surface area (Å²) >= 11 is 0. The molecule has 2 amide bonds. The highest BCUT2D eigenvalue weighted by Gasteiger charge is 2.36. The second-order valence-electron chi connectivity index (χ2n) is 8.13. The summed E-state index contributed by atoms with van der Waals surface area (Å²) in [5.74, 6) is -0.757. The Morgan fingerprint density at radius 1 is 1.19 bits per heavy atom. The smallest absolute Gasteiger partial charge is 0.353 e. The maximum atomic E-state index is 13.2. The van der Waals surface area contributed by atoms with Crippen LogP contribution in [0.3, 0.4) is 0 Å². The third-order valence-corrected chi connectivity index (χ3v) is 5.82. The zero-order valence-corrected chi connectivity index (χ0v) is 18.0. The predicted molar refractivity (Wildman–Crippen MR) is 111 cm³/mol. The number of benzene rings is 1. The van der Waals surface area contributed by atoms with E-state index in [1.807, 2.05) is 36.9 Å². The van der Waals surface area contributed by atoms with Crippen LogP contribution in [0.15, 0.2) is 42.6 Å². The van der Waals surface area contributed by atoms with Gasteiger partial charge in [-0.15, -0.1) is 0 Å². The van der Waals surface area contributed by atoms with E-state index < -0.39 is 17.6 Å². The van der Waals surface area contributed by atoms with E-state index in [2.05, 4.69) is 0 Å². The molecule has 31 heavy (non-hydrogen) atoms. The number of carbonyl (C=O) groups is 2. The van der Waals surface area contributed by atoms with Gasteiger partial charge in [-0.1, -0.05) is 13.0 Å². The summed E-state index contributed by atoms with van der Waals surface area (Å²) in [6.07, 6.45) is -0.208. The first-order valence-electron chi connectivity index (χ1n) is 10.5. The molecule has 0 saturated heterocycles. The zero-order chi connectivity index (χ0) is 22.8. The van der Waals surface area contributed by atoms with Crippen molar-refractivity contribution in [3.8, 4) is 0 Å². The average Bonchev–Trinajstić information content (AvgIpc) is 3.50. The van der Waals surface area contributed by atoms with E-state index in [1.165, 1.54) is 17.0 Å². The van der Waals surface area contributed by atoms with Gasteiger partial charge in [-0.25, -0.2) is 0 Å². The SMILES string of the molecule is CCC(C)N(CC(=O)N(Cc1cccn1C)C1CC1)C(=O)c1cccc(C(F)(F)F)c1. The molecule has 8 heteroatoms. The first kappa shape index (κ1) is 22.9. The van der Waals surface area contributed by atoms with Crippen LogP contribution in [-0.4, -0.2) is 44.8 Å². The quantitative estimate of drug-likeness (QED) is 0.614. The molecule has 1 fully saturated rings. The van der Waals surface area contributed by atoms with E-state index in [0.717, 1.165) is 30.7 Å². The van der Waals surface area contributed by atoms with Gasteiger partial charge in [0.1, 0.15) is 6.54 Å². The van der Waals surface area contributed by atoms with E-state index in [-0.39, 0.29) is 30.1 Å². The first-order valence-corrected chi connectivity index (χ1v) is 10.5. The first-order chi connectivity index (χ1) is 14.6. The Balaban J connectivity index is 1.81. The van der Waals surface area contributed by atoms with Gasteiger partial charge in [0, 0.05) is 36.6 Å². The van der Waals surface area contributed by atoms with Gasteiger partial charge in [0.05, 0.1) is 12.1 Å². The topological polar surface area (TPSA) is 45.6 Å². The lowest BCUT2D eigenvalue weighted by Gasteiger charge is -2.31. The fourth-order valence-corrected chi connectivity index (χ4v) is 3.52. The number of aromatic nitrogens is 1. The van der Waals surface area contributed by atoms with Crippen LogP contribution in [0.5, 0.6) is 0 Å². The van der Waals surface area contributed by atoms with Gasteiger partial charge in [0.25, 0.3) is 5.91 Å². The maximum absolute atomic E-state index is 13.2. The highest BCUT2D eigenvalue weighted by Crippen LogP contribution is 2.31. The van der Waals surface area contributed by atoms with Crippen molar-refractivity contribution in [1.82, 2.24) is 14.4 Å². The molecule has 0 N–H and O–H groups in total. The molecule has 1 aliphatic carbocycles. The fourth-order valence-electron chi connectivity index (χ4n) is 3.52. The van der Waals surface area contributed by atoms with Crippen LogP contribution in [0.2, 0.25) is 0 Å². The Hall–Kier alpha value is -2.77. The number of nitrogens with zero attached hydrogens (tertiary/aromatic N) is 3. The zero-order valence-electron chi connectivity index (χ0n) is 18.0. The minimum absolute atomic E-state index is 0.0664. The fraction of sp³-hybridized carbons (Fsp3) is 0.478. The number of alkyl halides is 3. The molecule has 1 aromatic carbocycles. The molecule has 1 heterocycles. The van der Waals surface area contributed by atoms with Gasteiger partial charge in [-0.05, 0) is 56.5 Å². The number of halogens is 3. The van der Waals surface area contributed by atoms with Crippen LogP contribution in [0.4, 0.5) is 13.2 Å². The van der Waals surface area contributed by atoms with Crippen molar-refractivity contribution < 1.29 is 22.8 Å². The Labute approximate surface area is 180 Å². The molecule has 1 atom stereocenters. The predicted octanol–water partition coefficient (Wildman–Crippen LogP) is 4.48. The van der Waals surface area contributed by atoms with Gasteiger partial charge in [0.15, 0.2) is 0 Å². The van der Waals surface area contributed by atoms with E-state index in [1.54, 1.807) is 11.8 Å². The van der Waals surface area contributed by atoms with Crippen LogP contribution in [0, 0.1) is 0 Å². The van der Waals surface area contributed by atoms with Crippen molar-refractivity contribution in [2.75, 3.05) is 6.54 Å². The highest BCUT2D eigenvalue weighted by atomic mass is 19.4. The van der Waals surface area contributed by atoms with Gasteiger partial charge < -0.3 is 14.4 Å². The minimum Gasteiger partial charge on any atom is -0.353 e. The number of amides is 2. The van der Waals surface area contributed by atoms with Crippen LogP contribution < -0.4 is 0 Å². The highest BCUT2D eigenvalue weighted by molar-refractivity contribution is 5.97. The largest absolute Gasteiger partial charge is 0.416 e. The number of rotatable bonds is 8. The number of carbonyl (C=O) groups excluding carboxylic acids is 2. The molecule has 3 rings (SSSR count). The van der Waals surface area contributed by atoms with E-state index in [0.29, 0.717) is 13.0 Å². The van der Waals surface area contributed by atoms with Gasteiger partial charge in [-0.3, -0.25) is 9.59 Å². The van der Waals surface area contributed by atoms with Crippen LogP contribution >= 0.6 is 0 Å². The molecule has 1 aliphatic rings. The molecule has 0 bridgehead atoms. The second-order valence-corrected chi connectivity index (χ2v) is 8.13. The lowest BCUT2D eigenvalue weighted by Crippen LogP contribution is -2.47. The molecule has 0 aliphatic heterocycles. The van der Waals surface area contributed by atoms with E-state index in [9.17, 15) is 22.8 Å². The molecule has 1 unspecified atom stereocenters. The second kappa shape index (κ2) is 9.16. The van der Waals surface area contributed by atoms with Crippen molar-refractivity contribution in [3.05, 3.63) is 59.4 Å². The Morgan fingerprint density at radius 2 is 1.90 bits per heavy atom. The summed E-state index contributed by atoms with van der Waals surface area (Å²) < 4.78 is 41.2. The third kappa shape index (κ3) is 5.48. The van der Waals surface area contributed by atoms with Gasteiger partial charge in [0.2, 0.25) is 5.91 Å². The summed E-state index contributed by atoms with van der Waals surface area (Å²) in [4.78, 5) is 29.5. The number of hydrogen-bond donors (Lipinski definition) is 0. The van der Waals surface area contributed by atoms with Crippen LogP contribution in [-0.2, 0) is 24.6 Å². The molecule has 1 saturated carbocycles. The van der Waals surface area contributed by atoms with Gasteiger partial charge in [-0.2, -0.15) is 13.2 Å². The molecule has 1 aromatic heterocycles. The molecule has 168 valence electrons. The lowest BCUT2D eigenvalue weighted by molar-refractivity contribution is -0.137. The van der Waals surface area contributed by atoms with E-state index in [4.69, 9.17) is 0 Å². The van der Waals surface area contributed by atoms with Crippen molar-refractivity contribution in [2.24, 2.45) is 7.05 Å². The molecule has 5 nitrogen and oxygen atoms in total. The normalized spacial score (nSPS) is 14.9. The van der Waals surface area contributed by atoms with Crippen molar-refractivity contribution in [1.29, 1.82) is 0 Å². The summed E-state index contributed by atoms with van der Waals surface area (Å²) in [5, 5.41) is 0. The summed E-state index contributed by atoms with van der Waals surface area (Å²) in [7, 11) is 1.91. The Bertz CT molecular complexity index is 934. The standard InChI is InChI=1S/C23H28F3N3O2/c1-4-16(2)28(22(31)17-7-5-8-18(13-17)23(24,25)26)15-21(30)29(19-10-11-19)14-20-9-6-12-27(20)3/h5-9,12-13,16,19H,4,10-11,14-15H2,1-3H3. The molecular formula is C23H28F3N3O2. The third-order valence-electron chi connectivity index (χ3n) is 5.82. The van der Waals surface area contributed by atoms with Gasteiger partial charge >= 0.3 is 6.18 Å². The van der Waals surface area contributed by atoms with Crippen LogP contribution in [0.25, 0.3) is 0 Å². The van der Waals surface area contributed by atoms with Crippen molar-refractivity contribution >= 4 is 11.8 Å². The lowest BCUT2D eigenvalue weighted by atomic mass is 10.1. The summed E-state index contributed by atoms with van der Waals surface area (Å²) in [6.45, 7) is 3.96. The van der Waals surface area contributed by atoms with Crippen LogP contribution in [0.1, 0.15) is 54.7 Å². The average molecular weight is 435 g/mol. The Morgan fingerprint density at radius 3 is 2.45 bits per heavy atom. The van der Waals surface area contributed by atoms with Crippen molar-refractivity contribution in [3.63, 3.8) is 0 Å². The Kier molecular flexibility index (Phi) is 6.77. The number of hydrogen-bond acceptors (Lipinski definition) is 2. The monoisotopic (exact) mass is 435 g/mol. The molecule has 0 spiro atoms. The summed E-state index contributed by atoms with van der Waals surface area (Å²) in [6, 6.07) is 8.08. The molecule has 2 aromatic rings.